The van der Waals surface area contributed by atoms with Gasteiger partial charge < -0.3 is 40.9 Å². The molecule has 0 saturated heterocycles. The minimum atomic E-state index is 0.0213. The number of nitrogens with zero attached hydrogens (tertiary/aromatic N) is 6. The van der Waals surface area contributed by atoms with Crippen molar-refractivity contribution in [1.82, 2.24) is 29.7 Å². The van der Waals surface area contributed by atoms with Crippen molar-refractivity contribution in [2.75, 3.05) is 81.5 Å². The van der Waals surface area contributed by atoms with Crippen molar-refractivity contribution in [3.8, 4) is 0 Å². The molecule has 0 aliphatic carbocycles. The SMILES string of the molecule is CCN(CC)CCCC(C)Nc1c(C)cnc2cc(Cl)ccc12.CCN(CC)CCCC(C)Nc1c2ccc(Cl)cc2nc2ccc(CO)cc12.CCN(CCO)CCCC(C)Nc1ccnc2cc(Cl)ccc12. The molecule has 0 fully saturated rings. The quantitative estimate of drug-likeness (QED) is 0.0333. The molecule has 11 nitrogen and oxygen atoms in total. The van der Waals surface area contributed by atoms with Gasteiger partial charge in [-0.15, -0.1) is 0 Å². The number of aliphatic hydroxyl groups excluding tert-OH is 2. The molecule has 4 aromatic carbocycles. The summed E-state index contributed by atoms with van der Waals surface area (Å²) in [5.74, 6) is 0. The maximum Gasteiger partial charge on any atom is 0.0745 e. The number of anilines is 3. The fourth-order valence-electron chi connectivity index (χ4n) is 9.41. The van der Waals surface area contributed by atoms with Crippen molar-refractivity contribution in [1.29, 1.82) is 0 Å². The normalized spacial score (nSPS) is 12.8. The monoisotopic (exact) mass is 1070 g/mol. The number of halogens is 3. The number of likely N-dealkylation sites (N-methyl/N-ethyl adjacent to an activating group) is 1. The highest BCUT2D eigenvalue weighted by Gasteiger charge is 2.15. The van der Waals surface area contributed by atoms with Crippen molar-refractivity contribution in [2.45, 2.75) is 126 Å². The van der Waals surface area contributed by atoms with E-state index in [0.29, 0.717) is 28.2 Å². The Kier molecular flexibility index (Phi) is 25.7. The van der Waals surface area contributed by atoms with Crippen molar-refractivity contribution >= 4 is 95.5 Å². The van der Waals surface area contributed by atoms with E-state index in [4.69, 9.17) is 44.9 Å². The van der Waals surface area contributed by atoms with Gasteiger partial charge in [0.25, 0.3) is 0 Å². The van der Waals surface area contributed by atoms with E-state index in [1.165, 1.54) is 24.2 Å². The zero-order valence-electron chi connectivity index (χ0n) is 45.6. The van der Waals surface area contributed by atoms with E-state index in [1.54, 1.807) is 0 Å². The molecule has 14 heteroatoms. The zero-order chi connectivity index (χ0) is 53.6. The first kappa shape index (κ1) is 60.3. The lowest BCUT2D eigenvalue weighted by Crippen LogP contribution is -2.28. The molecule has 0 aliphatic rings. The smallest absolute Gasteiger partial charge is 0.0745 e. The van der Waals surface area contributed by atoms with Crippen LogP contribution in [0.15, 0.2) is 91.3 Å². The highest BCUT2D eigenvalue weighted by atomic mass is 35.5. The van der Waals surface area contributed by atoms with E-state index in [2.05, 4.69) is 109 Å². The van der Waals surface area contributed by atoms with E-state index < -0.39 is 0 Å². The minimum Gasteiger partial charge on any atom is -0.395 e. The molecule has 3 unspecified atom stereocenters. The van der Waals surface area contributed by atoms with Gasteiger partial charge in [-0.2, -0.15) is 0 Å². The van der Waals surface area contributed by atoms with Gasteiger partial charge in [0.1, 0.15) is 0 Å². The van der Waals surface area contributed by atoms with Crippen LogP contribution in [0.3, 0.4) is 0 Å². The lowest BCUT2D eigenvalue weighted by Gasteiger charge is -2.22. The molecule has 0 bridgehead atoms. The predicted molar refractivity (Wildman–Crippen MR) is 320 cm³/mol. The molecular formula is C60H84Cl3N9O2. The summed E-state index contributed by atoms with van der Waals surface area (Å²) in [6.45, 7) is 29.6. The number of aromatic nitrogens is 3. The van der Waals surface area contributed by atoms with E-state index in [-0.39, 0.29) is 13.2 Å². The van der Waals surface area contributed by atoms with Gasteiger partial charge in [-0.05, 0) is 203 Å². The third-order valence-corrected chi connectivity index (χ3v) is 14.6. The second-order valence-electron chi connectivity index (χ2n) is 19.4. The summed E-state index contributed by atoms with van der Waals surface area (Å²) >= 11 is 18.3. The number of fused-ring (bicyclic) bond motifs is 4. The van der Waals surface area contributed by atoms with Gasteiger partial charge in [0.05, 0.1) is 41.0 Å². The molecular weight excluding hydrogens is 985 g/mol. The Hall–Kier alpha value is -4.56. The summed E-state index contributed by atoms with van der Waals surface area (Å²) in [6, 6.07) is 26.6. The first-order valence-corrected chi connectivity index (χ1v) is 28.2. The van der Waals surface area contributed by atoms with Crippen LogP contribution < -0.4 is 16.0 Å². The molecule has 0 amide bonds. The summed E-state index contributed by atoms with van der Waals surface area (Å²) < 4.78 is 0. The van der Waals surface area contributed by atoms with Gasteiger partial charge in [0.15, 0.2) is 0 Å². The van der Waals surface area contributed by atoms with E-state index in [0.717, 1.165) is 150 Å². The van der Waals surface area contributed by atoms with Gasteiger partial charge in [-0.3, -0.25) is 9.97 Å². The van der Waals surface area contributed by atoms with Crippen LogP contribution in [0.5, 0.6) is 0 Å². The number of nitrogens with one attached hydrogen (secondary N) is 3. The maximum atomic E-state index is 9.57. The highest BCUT2D eigenvalue weighted by Crippen LogP contribution is 2.34. The lowest BCUT2D eigenvalue weighted by molar-refractivity contribution is 0.199. The van der Waals surface area contributed by atoms with Crippen LogP contribution in [0.2, 0.25) is 15.1 Å². The van der Waals surface area contributed by atoms with Crippen molar-refractivity contribution in [2.24, 2.45) is 0 Å². The number of hydrogen-bond donors (Lipinski definition) is 5. The van der Waals surface area contributed by atoms with Gasteiger partial charge in [-0.1, -0.05) is 75.5 Å². The highest BCUT2D eigenvalue weighted by molar-refractivity contribution is 6.32. The summed E-state index contributed by atoms with van der Waals surface area (Å²) in [4.78, 5) is 20.8. The van der Waals surface area contributed by atoms with Gasteiger partial charge >= 0.3 is 0 Å². The van der Waals surface area contributed by atoms with Crippen molar-refractivity contribution in [3.63, 3.8) is 0 Å². The molecule has 7 aromatic rings. The summed E-state index contributed by atoms with van der Waals surface area (Å²) in [7, 11) is 0. The number of aliphatic hydroxyl groups is 2. The average molecular weight is 1070 g/mol. The Morgan fingerprint density at radius 3 is 1.53 bits per heavy atom. The fraction of sp³-hybridized carbons (Fsp3) is 0.483. The number of benzene rings is 4. The van der Waals surface area contributed by atoms with Gasteiger partial charge in [0, 0.05) is 85.1 Å². The summed E-state index contributed by atoms with van der Waals surface area (Å²) in [5, 5.41) is 36.0. The Morgan fingerprint density at radius 2 is 0.986 bits per heavy atom. The molecule has 3 atom stereocenters. The Labute approximate surface area is 457 Å². The molecule has 0 saturated carbocycles. The molecule has 3 aromatic heterocycles. The number of pyridine rings is 3. The maximum absolute atomic E-state index is 9.57. The Balaban J connectivity index is 0.000000207. The second-order valence-corrected chi connectivity index (χ2v) is 20.7. The largest absolute Gasteiger partial charge is 0.395 e. The predicted octanol–water partition coefficient (Wildman–Crippen LogP) is 14.4. The molecule has 7 rings (SSSR count). The lowest BCUT2D eigenvalue weighted by atomic mass is 10.0. The molecule has 74 heavy (non-hydrogen) atoms. The van der Waals surface area contributed by atoms with Crippen LogP contribution in [-0.4, -0.2) is 123 Å². The molecule has 5 N–H and O–H groups in total. The molecule has 3 heterocycles. The van der Waals surface area contributed by atoms with Crippen LogP contribution in [0.25, 0.3) is 43.6 Å². The number of hydrogen-bond acceptors (Lipinski definition) is 11. The van der Waals surface area contributed by atoms with Crippen LogP contribution in [0.1, 0.15) is 105 Å². The van der Waals surface area contributed by atoms with Crippen LogP contribution in [-0.2, 0) is 6.61 Å². The second kappa shape index (κ2) is 31.5. The van der Waals surface area contributed by atoms with Gasteiger partial charge in [0.2, 0.25) is 0 Å². The third-order valence-electron chi connectivity index (χ3n) is 13.9. The topological polar surface area (TPSA) is 125 Å². The van der Waals surface area contributed by atoms with Crippen molar-refractivity contribution < 1.29 is 10.2 Å². The first-order valence-electron chi connectivity index (χ1n) is 27.0. The summed E-state index contributed by atoms with van der Waals surface area (Å²) in [5.41, 5.74) is 9.07. The average Bonchev–Trinajstić information content (AvgIpc) is 3.39. The van der Waals surface area contributed by atoms with E-state index in [9.17, 15) is 5.11 Å². The minimum absolute atomic E-state index is 0.0213. The Morgan fingerprint density at radius 1 is 0.500 bits per heavy atom. The van der Waals surface area contributed by atoms with Gasteiger partial charge in [-0.25, -0.2) is 4.98 Å². The van der Waals surface area contributed by atoms with Crippen LogP contribution in [0, 0.1) is 6.92 Å². The molecule has 0 spiro atoms. The molecule has 0 aliphatic heterocycles. The van der Waals surface area contributed by atoms with E-state index >= 15 is 0 Å². The van der Waals surface area contributed by atoms with E-state index in [1.807, 2.05) is 85.2 Å². The fourth-order valence-corrected chi connectivity index (χ4v) is 9.91. The van der Waals surface area contributed by atoms with Crippen LogP contribution in [0.4, 0.5) is 17.1 Å². The van der Waals surface area contributed by atoms with Crippen LogP contribution >= 0.6 is 34.8 Å². The molecule has 402 valence electrons. The molecule has 0 radical (unpaired) electrons. The first-order chi connectivity index (χ1) is 35.7. The number of aryl methyl sites for hydroxylation is 1. The number of rotatable bonds is 26. The summed E-state index contributed by atoms with van der Waals surface area (Å²) in [6.07, 6.45) is 10.5. The standard InChI is InChI=1S/C23H30ClN3O.C19H28ClN3.C18H26ClN3O/c1-4-27(5-2)12-6-7-16(3)25-23-19-10-9-18(24)14-22(19)26-21-11-8-17(15-28)13-20(21)23;1-5-23(6-2)11-7-8-15(4)22-19-14(3)13-21-18-12-16(20)9-10-17(18)19;1-3-22(11-12-23)10-4-5-14(2)21-17-8-9-20-18-13-15(19)6-7-16(17)18/h8-11,13-14,16,28H,4-7,12,15H2,1-3H3,(H,25,26);9-10,12-13,15H,5-8,11H2,1-4H3,(H,21,22);6-9,13-14,23H,3-5,10-12H2,1-2H3,(H,20,21). The van der Waals surface area contributed by atoms with Crippen molar-refractivity contribution in [3.05, 3.63) is 117 Å². The zero-order valence-corrected chi connectivity index (χ0v) is 47.9. The third kappa shape index (κ3) is 18.3. The Bertz CT molecular complexity index is 2790.